The Hall–Kier alpha value is -1.79. The molecular formula is C14H14ClNO5. The number of amides is 1. The van der Waals surface area contributed by atoms with Crippen molar-refractivity contribution in [2.24, 2.45) is 0 Å². The number of hydrogen-bond acceptors (Lipinski definition) is 4. The van der Waals surface area contributed by atoms with Crippen LogP contribution in [0, 0.1) is 0 Å². The molecule has 0 aromatic heterocycles. The van der Waals surface area contributed by atoms with Crippen molar-refractivity contribution in [2.75, 3.05) is 13.2 Å². The van der Waals surface area contributed by atoms with Gasteiger partial charge in [0.15, 0.2) is 11.6 Å². The van der Waals surface area contributed by atoms with Crippen LogP contribution in [0.3, 0.4) is 0 Å². The second kappa shape index (κ2) is 5.20. The third-order valence-electron chi connectivity index (χ3n) is 3.78. The second-order valence-electron chi connectivity index (χ2n) is 5.24. The lowest BCUT2D eigenvalue weighted by atomic mass is 9.98. The molecule has 2 heterocycles. The van der Waals surface area contributed by atoms with Gasteiger partial charge in [0.2, 0.25) is 0 Å². The number of carbonyl (C=O) groups is 2. The van der Waals surface area contributed by atoms with Crippen molar-refractivity contribution in [3.63, 3.8) is 0 Å². The molecule has 2 aliphatic rings. The molecule has 21 heavy (non-hydrogen) atoms. The van der Waals surface area contributed by atoms with E-state index in [9.17, 15) is 14.7 Å². The van der Waals surface area contributed by atoms with E-state index in [-0.39, 0.29) is 13.0 Å². The molecule has 0 spiro atoms. The smallest absolute Gasteiger partial charge is 0.331 e. The first-order valence-corrected chi connectivity index (χ1v) is 6.96. The van der Waals surface area contributed by atoms with Crippen LogP contribution in [-0.2, 0) is 20.7 Å². The number of fused-ring (bicyclic) bond motifs is 1. The van der Waals surface area contributed by atoms with Crippen LogP contribution in [-0.4, -0.2) is 41.8 Å². The summed E-state index contributed by atoms with van der Waals surface area (Å²) >= 11 is 5.90. The summed E-state index contributed by atoms with van der Waals surface area (Å²) in [5.41, 5.74) is -0.512. The highest BCUT2D eigenvalue weighted by molar-refractivity contribution is 6.30. The second-order valence-corrected chi connectivity index (χ2v) is 5.68. The Balaban J connectivity index is 1.71. The fourth-order valence-electron chi connectivity index (χ4n) is 2.57. The third kappa shape index (κ3) is 2.56. The van der Waals surface area contributed by atoms with Crippen molar-refractivity contribution in [1.82, 2.24) is 5.32 Å². The summed E-state index contributed by atoms with van der Waals surface area (Å²) in [5.74, 6) is -0.936. The van der Waals surface area contributed by atoms with Gasteiger partial charge in [-0.05, 0) is 23.8 Å². The highest BCUT2D eigenvalue weighted by atomic mass is 35.5. The molecule has 1 amide bonds. The van der Waals surface area contributed by atoms with Crippen LogP contribution in [0.4, 0.5) is 0 Å². The molecule has 112 valence electrons. The van der Waals surface area contributed by atoms with E-state index < -0.39 is 23.5 Å². The molecule has 3 rings (SSSR count). The minimum Gasteiger partial charge on any atom is -0.480 e. The molecule has 0 bridgehead atoms. The summed E-state index contributed by atoms with van der Waals surface area (Å²) in [7, 11) is 0. The van der Waals surface area contributed by atoms with E-state index in [1.165, 1.54) is 0 Å². The number of carboxylic acid groups (broad SMARTS) is 1. The van der Waals surface area contributed by atoms with E-state index in [0.717, 1.165) is 5.56 Å². The Morgan fingerprint density at radius 1 is 1.43 bits per heavy atom. The van der Waals surface area contributed by atoms with Crippen LogP contribution in [0.2, 0.25) is 5.02 Å². The van der Waals surface area contributed by atoms with Crippen molar-refractivity contribution < 1.29 is 24.2 Å². The van der Waals surface area contributed by atoms with Crippen LogP contribution in [0.15, 0.2) is 18.2 Å². The van der Waals surface area contributed by atoms with Gasteiger partial charge in [-0.15, -0.1) is 0 Å². The molecule has 0 aliphatic carbocycles. The molecule has 7 heteroatoms. The van der Waals surface area contributed by atoms with Gasteiger partial charge in [-0.25, -0.2) is 4.79 Å². The Bertz CT molecular complexity index is 597. The Morgan fingerprint density at radius 3 is 2.90 bits per heavy atom. The predicted octanol–water partition coefficient (Wildman–Crippen LogP) is 1.00. The van der Waals surface area contributed by atoms with E-state index in [1.54, 1.807) is 18.2 Å². The van der Waals surface area contributed by atoms with Gasteiger partial charge in [0.05, 0.1) is 6.61 Å². The van der Waals surface area contributed by atoms with Crippen molar-refractivity contribution in [2.45, 2.75) is 24.5 Å². The van der Waals surface area contributed by atoms with Gasteiger partial charge in [-0.1, -0.05) is 11.6 Å². The standard InChI is InChI=1S/C14H14ClNO5/c15-9-1-2-10-8(5-9)6-11(21-10)12(17)16-14(13(18)19)3-4-20-7-14/h1-2,5,11H,3-4,6-7H2,(H,16,17)(H,18,19). The maximum Gasteiger partial charge on any atom is 0.331 e. The highest BCUT2D eigenvalue weighted by Crippen LogP contribution is 2.31. The van der Waals surface area contributed by atoms with Crippen LogP contribution in [0.25, 0.3) is 0 Å². The van der Waals surface area contributed by atoms with E-state index in [4.69, 9.17) is 21.1 Å². The maximum absolute atomic E-state index is 12.3. The highest BCUT2D eigenvalue weighted by Gasteiger charge is 2.45. The van der Waals surface area contributed by atoms with Crippen molar-refractivity contribution in [1.29, 1.82) is 0 Å². The number of benzene rings is 1. The van der Waals surface area contributed by atoms with Crippen LogP contribution < -0.4 is 10.1 Å². The first-order chi connectivity index (χ1) is 10.00. The minimum atomic E-state index is -1.35. The monoisotopic (exact) mass is 311 g/mol. The molecule has 2 unspecified atom stereocenters. The Labute approximate surface area is 126 Å². The van der Waals surface area contributed by atoms with Crippen LogP contribution in [0.1, 0.15) is 12.0 Å². The van der Waals surface area contributed by atoms with Gasteiger partial charge in [0.25, 0.3) is 5.91 Å². The lowest BCUT2D eigenvalue weighted by Gasteiger charge is -2.25. The quantitative estimate of drug-likeness (QED) is 0.870. The summed E-state index contributed by atoms with van der Waals surface area (Å²) in [6.45, 7) is 0.285. The van der Waals surface area contributed by atoms with Gasteiger partial charge in [0, 0.05) is 24.5 Å². The van der Waals surface area contributed by atoms with Crippen LogP contribution >= 0.6 is 11.6 Å². The molecule has 2 N–H and O–H groups in total. The fraction of sp³-hybridized carbons (Fsp3) is 0.429. The van der Waals surface area contributed by atoms with E-state index in [1.807, 2.05) is 0 Å². The Kier molecular flexibility index (Phi) is 3.51. The number of hydrogen-bond donors (Lipinski definition) is 2. The average molecular weight is 312 g/mol. The summed E-state index contributed by atoms with van der Waals surface area (Å²) in [5, 5.41) is 12.4. The SMILES string of the molecule is O=C(NC1(C(=O)O)CCOC1)C1Cc2cc(Cl)ccc2O1. The molecule has 1 fully saturated rings. The molecule has 1 aromatic rings. The molecule has 2 atom stereocenters. The topological polar surface area (TPSA) is 84.9 Å². The fourth-order valence-corrected chi connectivity index (χ4v) is 2.76. The summed E-state index contributed by atoms with van der Waals surface area (Å²) < 4.78 is 10.7. The lowest BCUT2D eigenvalue weighted by molar-refractivity contribution is -0.148. The van der Waals surface area contributed by atoms with Crippen LogP contribution in [0.5, 0.6) is 5.75 Å². The van der Waals surface area contributed by atoms with Crippen molar-refractivity contribution in [3.05, 3.63) is 28.8 Å². The van der Waals surface area contributed by atoms with E-state index in [2.05, 4.69) is 5.32 Å². The molecular weight excluding hydrogens is 298 g/mol. The number of rotatable bonds is 3. The average Bonchev–Trinajstić information content (AvgIpc) is 3.05. The molecule has 0 saturated carbocycles. The summed E-state index contributed by atoms with van der Waals surface area (Å²) in [4.78, 5) is 23.7. The summed E-state index contributed by atoms with van der Waals surface area (Å²) in [6, 6.07) is 5.14. The predicted molar refractivity (Wildman–Crippen MR) is 73.5 cm³/mol. The zero-order valence-corrected chi connectivity index (χ0v) is 11.9. The zero-order valence-electron chi connectivity index (χ0n) is 11.1. The van der Waals surface area contributed by atoms with E-state index >= 15 is 0 Å². The van der Waals surface area contributed by atoms with Gasteiger partial charge >= 0.3 is 5.97 Å². The number of nitrogens with one attached hydrogen (secondary N) is 1. The maximum atomic E-state index is 12.3. The lowest BCUT2D eigenvalue weighted by Crippen LogP contribution is -2.58. The van der Waals surface area contributed by atoms with Gasteiger partial charge in [0.1, 0.15) is 5.75 Å². The zero-order chi connectivity index (χ0) is 15.0. The first kappa shape index (κ1) is 14.2. The van der Waals surface area contributed by atoms with Crippen molar-refractivity contribution >= 4 is 23.5 Å². The molecule has 1 aromatic carbocycles. The summed E-state index contributed by atoms with van der Waals surface area (Å²) in [6.07, 6.45) is -0.118. The van der Waals surface area contributed by atoms with Gasteiger partial charge in [-0.3, -0.25) is 4.79 Å². The number of halogens is 1. The van der Waals surface area contributed by atoms with Crippen molar-refractivity contribution in [3.8, 4) is 5.75 Å². The van der Waals surface area contributed by atoms with Gasteiger partial charge < -0.3 is 19.9 Å². The number of aliphatic carboxylic acids is 1. The largest absolute Gasteiger partial charge is 0.480 e. The molecule has 1 saturated heterocycles. The van der Waals surface area contributed by atoms with Gasteiger partial charge in [-0.2, -0.15) is 0 Å². The Morgan fingerprint density at radius 2 is 2.24 bits per heavy atom. The number of carboxylic acids is 1. The van der Waals surface area contributed by atoms with E-state index in [0.29, 0.717) is 23.8 Å². The minimum absolute atomic E-state index is 0.0282. The number of ether oxygens (including phenoxy) is 2. The third-order valence-corrected chi connectivity index (χ3v) is 4.02. The molecule has 6 nitrogen and oxygen atoms in total. The molecule has 0 radical (unpaired) electrons. The normalized spacial score (nSPS) is 27.0. The first-order valence-electron chi connectivity index (χ1n) is 6.58. The molecule has 2 aliphatic heterocycles. The number of carbonyl (C=O) groups excluding carboxylic acids is 1.